The van der Waals surface area contributed by atoms with Crippen molar-refractivity contribution in [1.82, 2.24) is 9.78 Å². The van der Waals surface area contributed by atoms with Crippen LogP contribution in [0.2, 0.25) is 5.02 Å². The van der Waals surface area contributed by atoms with Gasteiger partial charge in [0.25, 0.3) is 0 Å². The van der Waals surface area contributed by atoms with Gasteiger partial charge in [0, 0.05) is 6.08 Å². The highest BCUT2D eigenvalue weighted by molar-refractivity contribution is 6.32. The average Bonchev–Trinajstić information content (AvgIpc) is 3.19. The van der Waals surface area contributed by atoms with Gasteiger partial charge >= 0.3 is 0 Å². The van der Waals surface area contributed by atoms with Crippen LogP contribution in [0.1, 0.15) is 5.56 Å². The van der Waals surface area contributed by atoms with Crippen LogP contribution in [0.15, 0.2) is 60.9 Å². The maximum absolute atomic E-state index is 12.2. The molecule has 1 amide bonds. The highest BCUT2D eigenvalue weighted by Crippen LogP contribution is 2.28. The number of methoxy groups -OCH3 is 1. The molecule has 0 aliphatic carbocycles. The number of anilines is 1. The number of nitrogens with one attached hydrogen (secondary N) is 1. The van der Waals surface area contributed by atoms with E-state index in [-0.39, 0.29) is 12.5 Å². The van der Waals surface area contributed by atoms with Crippen LogP contribution in [-0.4, -0.2) is 29.4 Å². The van der Waals surface area contributed by atoms with E-state index in [1.165, 1.54) is 13.2 Å². The van der Waals surface area contributed by atoms with Crippen molar-refractivity contribution < 1.29 is 14.3 Å². The number of carbonyl (C=O) groups is 1. The summed E-state index contributed by atoms with van der Waals surface area (Å²) < 4.78 is 12.1. The van der Waals surface area contributed by atoms with Crippen LogP contribution in [0.4, 0.5) is 5.69 Å². The molecule has 0 spiro atoms. The normalized spacial score (nSPS) is 10.5. The Morgan fingerprint density at radius 1 is 1.31 bits per heavy atom. The summed E-state index contributed by atoms with van der Waals surface area (Å²) in [6.45, 7) is -0.0736. The molecule has 0 radical (unpaired) electrons. The summed E-state index contributed by atoms with van der Waals surface area (Å²) in [5, 5.41) is 16.1. The highest BCUT2D eigenvalue weighted by atomic mass is 35.5. The van der Waals surface area contributed by atoms with Crippen LogP contribution in [0.5, 0.6) is 11.5 Å². The van der Waals surface area contributed by atoms with Gasteiger partial charge in [-0.2, -0.15) is 10.4 Å². The quantitative estimate of drug-likeness (QED) is 0.595. The first kappa shape index (κ1) is 20.0. The lowest BCUT2D eigenvalue weighted by molar-refractivity contribution is -0.111. The number of nitriles is 1. The van der Waals surface area contributed by atoms with E-state index >= 15 is 0 Å². The summed E-state index contributed by atoms with van der Waals surface area (Å²) in [4.78, 5) is 12.2. The molecule has 0 fully saturated rings. The summed E-state index contributed by atoms with van der Waals surface area (Å²) in [5.41, 5.74) is 2.00. The van der Waals surface area contributed by atoms with E-state index in [9.17, 15) is 4.79 Å². The molecule has 0 aliphatic heterocycles. The topological polar surface area (TPSA) is 89.2 Å². The second-order valence-corrected chi connectivity index (χ2v) is 6.21. The van der Waals surface area contributed by atoms with Gasteiger partial charge in [-0.1, -0.05) is 29.8 Å². The summed E-state index contributed by atoms with van der Waals surface area (Å²) in [5.74, 6) is 0.624. The maximum atomic E-state index is 12.2. The van der Waals surface area contributed by atoms with E-state index in [1.807, 2.05) is 24.3 Å². The fourth-order valence-corrected chi connectivity index (χ4v) is 2.75. The number of halogens is 1. The van der Waals surface area contributed by atoms with E-state index in [0.717, 1.165) is 11.3 Å². The van der Waals surface area contributed by atoms with Crippen LogP contribution in [0, 0.1) is 11.3 Å². The first-order valence-electron chi connectivity index (χ1n) is 8.57. The Morgan fingerprint density at radius 2 is 2.14 bits per heavy atom. The van der Waals surface area contributed by atoms with Gasteiger partial charge in [-0.25, -0.2) is 4.68 Å². The second-order valence-electron chi connectivity index (χ2n) is 5.80. The molecule has 0 saturated carbocycles. The fourth-order valence-electron chi connectivity index (χ4n) is 2.53. The molecular weight excluding hydrogens is 392 g/mol. The van der Waals surface area contributed by atoms with Crippen molar-refractivity contribution >= 4 is 29.3 Å². The van der Waals surface area contributed by atoms with Gasteiger partial charge in [-0.15, -0.1) is 0 Å². The smallest absolute Gasteiger partial charge is 0.248 e. The van der Waals surface area contributed by atoms with Gasteiger partial charge in [0.2, 0.25) is 5.91 Å². The lowest BCUT2D eigenvalue weighted by Gasteiger charge is -2.08. The average molecular weight is 409 g/mol. The van der Waals surface area contributed by atoms with Crippen molar-refractivity contribution in [3.63, 3.8) is 0 Å². The van der Waals surface area contributed by atoms with E-state index in [4.69, 9.17) is 26.3 Å². The van der Waals surface area contributed by atoms with Crippen molar-refractivity contribution in [3.8, 4) is 23.3 Å². The third-order valence-electron chi connectivity index (χ3n) is 3.86. The number of rotatable bonds is 7. The Morgan fingerprint density at radius 3 is 2.90 bits per heavy atom. The Kier molecular flexibility index (Phi) is 6.51. The molecule has 0 unspecified atom stereocenters. The molecular formula is C21H17ClN4O3. The van der Waals surface area contributed by atoms with Gasteiger partial charge in [0.1, 0.15) is 6.07 Å². The summed E-state index contributed by atoms with van der Waals surface area (Å²) in [6.07, 6.45) is 6.26. The summed E-state index contributed by atoms with van der Waals surface area (Å²) in [6, 6.07) is 14.3. The molecule has 8 heteroatoms. The van der Waals surface area contributed by atoms with E-state index in [0.29, 0.717) is 22.2 Å². The standard InChI is InChI=1S/C21H17ClN4O3/c1-28-20-12-15(6-8-19(20)29-11-10-23)7-9-21(27)25-16-13-24-26(14-16)18-5-3-2-4-17(18)22/h2-9,12-14H,11H2,1H3,(H,25,27)/b9-7+. The molecule has 29 heavy (non-hydrogen) atoms. The molecule has 1 N–H and O–H groups in total. The van der Waals surface area contributed by atoms with Crippen molar-refractivity contribution in [3.05, 3.63) is 71.5 Å². The van der Waals surface area contributed by atoms with Crippen LogP contribution in [0.25, 0.3) is 11.8 Å². The first-order valence-corrected chi connectivity index (χ1v) is 8.95. The van der Waals surface area contributed by atoms with E-state index in [1.54, 1.807) is 47.4 Å². The Labute approximate surface area is 172 Å². The van der Waals surface area contributed by atoms with Crippen molar-refractivity contribution in [2.24, 2.45) is 0 Å². The number of nitrogens with zero attached hydrogens (tertiary/aromatic N) is 3. The Balaban J connectivity index is 1.66. The molecule has 1 heterocycles. The zero-order valence-corrected chi connectivity index (χ0v) is 16.3. The van der Waals surface area contributed by atoms with Gasteiger partial charge in [-0.3, -0.25) is 4.79 Å². The Bertz CT molecular complexity index is 1090. The molecule has 3 rings (SSSR count). The van der Waals surface area contributed by atoms with Gasteiger partial charge in [0.15, 0.2) is 18.1 Å². The minimum Gasteiger partial charge on any atom is -0.493 e. The number of hydrogen-bond donors (Lipinski definition) is 1. The van der Waals surface area contributed by atoms with Crippen molar-refractivity contribution in [2.45, 2.75) is 0 Å². The third kappa shape index (κ3) is 5.15. The number of benzene rings is 2. The van der Waals surface area contributed by atoms with Crippen molar-refractivity contribution in [2.75, 3.05) is 19.0 Å². The molecule has 0 bridgehead atoms. The highest BCUT2D eigenvalue weighted by Gasteiger charge is 2.07. The predicted octanol–water partition coefficient (Wildman–Crippen LogP) is 4.09. The summed E-state index contributed by atoms with van der Waals surface area (Å²) in [7, 11) is 1.51. The number of ether oxygens (including phenoxy) is 2. The predicted molar refractivity (Wildman–Crippen MR) is 110 cm³/mol. The third-order valence-corrected chi connectivity index (χ3v) is 4.18. The van der Waals surface area contributed by atoms with Gasteiger partial charge < -0.3 is 14.8 Å². The number of carbonyl (C=O) groups excluding carboxylic acids is 1. The largest absolute Gasteiger partial charge is 0.493 e. The van der Waals surface area contributed by atoms with Crippen LogP contribution < -0.4 is 14.8 Å². The minimum atomic E-state index is -0.313. The molecule has 0 atom stereocenters. The number of amides is 1. The summed E-state index contributed by atoms with van der Waals surface area (Å²) >= 11 is 6.16. The molecule has 146 valence electrons. The zero-order chi connectivity index (χ0) is 20.6. The van der Waals surface area contributed by atoms with Crippen LogP contribution in [0.3, 0.4) is 0 Å². The number of aromatic nitrogens is 2. The second kappa shape index (κ2) is 9.44. The zero-order valence-electron chi connectivity index (χ0n) is 15.5. The molecule has 0 aliphatic rings. The molecule has 0 saturated heterocycles. The van der Waals surface area contributed by atoms with E-state index in [2.05, 4.69) is 10.4 Å². The SMILES string of the molecule is COc1cc(/C=C/C(=O)Nc2cnn(-c3ccccc3Cl)c2)ccc1OCC#N. The lowest BCUT2D eigenvalue weighted by Crippen LogP contribution is -2.07. The minimum absolute atomic E-state index is 0.0736. The van der Waals surface area contributed by atoms with Crippen LogP contribution in [-0.2, 0) is 4.79 Å². The monoisotopic (exact) mass is 408 g/mol. The van der Waals surface area contributed by atoms with Crippen LogP contribution >= 0.6 is 11.6 Å². The molecule has 1 aromatic heterocycles. The molecule has 3 aromatic rings. The molecule has 2 aromatic carbocycles. The first-order chi connectivity index (χ1) is 14.1. The van der Waals surface area contributed by atoms with Gasteiger partial charge in [0.05, 0.1) is 35.9 Å². The Hall–Kier alpha value is -3.76. The molecule has 7 nitrogen and oxygen atoms in total. The maximum Gasteiger partial charge on any atom is 0.248 e. The number of para-hydroxylation sites is 1. The lowest BCUT2D eigenvalue weighted by atomic mass is 10.2. The van der Waals surface area contributed by atoms with Crippen molar-refractivity contribution in [1.29, 1.82) is 5.26 Å². The fraction of sp³-hybridized carbons (Fsp3) is 0.0952. The van der Waals surface area contributed by atoms with E-state index < -0.39 is 0 Å². The number of hydrogen-bond acceptors (Lipinski definition) is 5. The van der Waals surface area contributed by atoms with Gasteiger partial charge in [-0.05, 0) is 35.9 Å².